The van der Waals surface area contributed by atoms with Gasteiger partial charge in [0.1, 0.15) is 4.90 Å². The number of hydrogen-bond acceptors (Lipinski definition) is 5. The van der Waals surface area contributed by atoms with Gasteiger partial charge in [0.2, 0.25) is 0 Å². The van der Waals surface area contributed by atoms with Crippen LogP contribution < -0.4 is 4.72 Å². The van der Waals surface area contributed by atoms with Crippen molar-refractivity contribution in [3.63, 3.8) is 0 Å². The van der Waals surface area contributed by atoms with Gasteiger partial charge in [-0.3, -0.25) is 0 Å². The number of carboxylic acid groups (broad SMARTS) is 1. The Bertz CT molecular complexity index is 550. The van der Waals surface area contributed by atoms with Gasteiger partial charge in [-0.15, -0.1) is 0 Å². The van der Waals surface area contributed by atoms with Crippen molar-refractivity contribution in [3.05, 3.63) is 29.8 Å². The second kappa shape index (κ2) is 4.83. The van der Waals surface area contributed by atoms with Crippen LogP contribution in [0.25, 0.3) is 0 Å². The maximum atomic E-state index is 11.6. The first-order valence-corrected chi connectivity index (χ1v) is 5.80. The van der Waals surface area contributed by atoms with Crippen LogP contribution >= 0.6 is 0 Å². The van der Waals surface area contributed by atoms with E-state index in [4.69, 9.17) is 5.11 Å². The first kappa shape index (κ1) is 13.0. The number of nitrogens with one attached hydrogen (secondary N) is 1. The van der Waals surface area contributed by atoms with Gasteiger partial charge >= 0.3 is 12.1 Å². The van der Waals surface area contributed by atoms with E-state index >= 15 is 0 Å². The zero-order chi connectivity index (χ0) is 13.1. The maximum Gasteiger partial charge on any atom is 0.418 e. The number of amides is 1. The summed E-state index contributed by atoms with van der Waals surface area (Å²) in [6.45, 7) is 0. The highest BCUT2D eigenvalue weighted by Gasteiger charge is 2.24. The number of hydrogen-bond donors (Lipinski definition) is 2. The monoisotopic (exact) mass is 259 g/mol. The zero-order valence-electron chi connectivity index (χ0n) is 8.71. The molecule has 1 rings (SSSR count). The van der Waals surface area contributed by atoms with Gasteiger partial charge in [-0.25, -0.2) is 22.7 Å². The number of methoxy groups -OCH3 is 1. The van der Waals surface area contributed by atoms with Crippen molar-refractivity contribution < 1.29 is 27.9 Å². The third-order valence-corrected chi connectivity index (χ3v) is 3.18. The fraction of sp³-hybridized carbons (Fsp3) is 0.111. The summed E-state index contributed by atoms with van der Waals surface area (Å²) in [6.07, 6.45) is -1.73. The Morgan fingerprint density at radius 1 is 1.29 bits per heavy atom. The van der Waals surface area contributed by atoms with Crippen LogP contribution in [-0.2, 0) is 14.8 Å². The summed E-state index contributed by atoms with van der Waals surface area (Å²) in [4.78, 5) is 21.2. The molecule has 1 amide bonds. The van der Waals surface area contributed by atoms with E-state index in [9.17, 15) is 18.0 Å². The lowest BCUT2D eigenvalue weighted by Crippen LogP contribution is -2.30. The van der Waals surface area contributed by atoms with Crippen LogP contribution in [0, 0.1) is 0 Å². The minimum Gasteiger partial charge on any atom is -0.465 e. The highest BCUT2D eigenvalue weighted by atomic mass is 32.2. The average Bonchev–Trinajstić information content (AvgIpc) is 2.26. The number of esters is 1. The summed E-state index contributed by atoms with van der Waals surface area (Å²) in [5.74, 6) is -0.864. The highest BCUT2D eigenvalue weighted by molar-refractivity contribution is 7.90. The van der Waals surface area contributed by atoms with Crippen LogP contribution in [0.5, 0.6) is 0 Å². The minimum atomic E-state index is -4.30. The molecule has 0 spiro atoms. The van der Waals surface area contributed by atoms with E-state index in [1.165, 1.54) is 22.9 Å². The normalized spacial score (nSPS) is 10.6. The van der Waals surface area contributed by atoms with Gasteiger partial charge in [0.05, 0.1) is 12.7 Å². The first-order valence-electron chi connectivity index (χ1n) is 4.31. The van der Waals surface area contributed by atoms with Crippen LogP contribution in [0.1, 0.15) is 10.4 Å². The summed E-state index contributed by atoms with van der Waals surface area (Å²) >= 11 is 0. The van der Waals surface area contributed by atoms with E-state index < -0.39 is 27.0 Å². The zero-order valence-corrected chi connectivity index (χ0v) is 9.52. The number of rotatable bonds is 3. The number of sulfonamides is 1. The molecule has 0 aliphatic heterocycles. The Morgan fingerprint density at radius 2 is 1.88 bits per heavy atom. The lowest BCUT2D eigenvalue weighted by atomic mass is 10.2. The number of carbonyl (C=O) groups excluding carboxylic acids is 1. The van der Waals surface area contributed by atoms with E-state index in [0.29, 0.717) is 0 Å². The summed E-state index contributed by atoms with van der Waals surface area (Å²) in [6, 6.07) is 5.13. The maximum absolute atomic E-state index is 11.6. The second-order valence-electron chi connectivity index (χ2n) is 2.90. The fourth-order valence-electron chi connectivity index (χ4n) is 1.15. The van der Waals surface area contributed by atoms with Gasteiger partial charge in [-0.2, -0.15) is 0 Å². The first-order chi connectivity index (χ1) is 7.88. The molecule has 0 aliphatic rings. The standard InChI is InChI=1S/C9H9NO6S/c1-16-8(11)6-4-2-3-5-7(6)17(14,15)10-9(12)13/h2-5,10H,1H3,(H,12,13). The van der Waals surface area contributed by atoms with Gasteiger partial charge < -0.3 is 9.84 Å². The van der Waals surface area contributed by atoms with E-state index in [0.717, 1.165) is 13.2 Å². The quantitative estimate of drug-likeness (QED) is 0.762. The molecular formula is C9H9NO6S. The van der Waals surface area contributed by atoms with Crippen LogP contribution in [0.4, 0.5) is 4.79 Å². The molecule has 0 saturated heterocycles. The Kier molecular flexibility index (Phi) is 3.69. The molecule has 0 unspecified atom stereocenters. The van der Waals surface area contributed by atoms with Crippen LogP contribution in [-0.4, -0.2) is 32.7 Å². The molecule has 0 heterocycles. The van der Waals surface area contributed by atoms with E-state index in [-0.39, 0.29) is 5.56 Å². The Labute approximate surface area is 97.1 Å². The van der Waals surface area contributed by atoms with Crippen molar-refractivity contribution in [3.8, 4) is 0 Å². The fourth-order valence-corrected chi connectivity index (χ4v) is 2.19. The Balaban J connectivity index is 3.32. The Hall–Kier alpha value is -2.09. The largest absolute Gasteiger partial charge is 0.465 e. The molecule has 92 valence electrons. The third kappa shape index (κ3) is 2.94. The molecule has 0 aromatic heterocycles. The number of carbonyl (C=O) groups is 2. The summed E-state index contributed by atoms with van der Waals surface area (Å²) in [7, 11) is -3.20. The predicted octanol–water partition coefficient (Wildman–Crippen LogP) is 0.430. The van der Waals surface area contributed by atoms with Crippen LogP contribution in [0.3, 0.4) is 0 Å². The van der Waals surface area contributed by atoms with Crippen molar-refractivity contribution in [2.24, 2.45) is 0 Å². The molecule has 1 aromatic rings. The molecule has 0 bridgehead atoms. The van der Waals surface area contributed by atoms with Gasteiger partial charge in [-0.05, 0) is 12.1 Å². The molecule has 0 atom stereocenters. The molecular weight excluding hydrogens is 250 g/mol. The smallest absolute Gasteiger partial charge is 0.418 e. The van der Waals surface area contributed by atoms with Gasteiger partial charge in [0, 0.05) is 0 Å². The lowest BCUT2D eigenvalue weighted by molar-refractivity contribution is 0.0596. The molecule has 0 fully saturated rings. The SMILES string of the molecule is COC(=O)c1ccccc1S(=O)(=O)NC(=O)O. The molecule has 7 nitrogen and oxygen atoms in total. The van der Waals surface area contributed by atoms with Crippen LogP contribution in [0.15, 0.2) is 29.2 Å². The van der Waals surface area contributed by atoms with E-state index in [1.807, 2.05) is 0 Å². The minimum absolute atomic E-state index is 0.233. The molecule has 0 radical (unpaired) electrons. The van der Waals surface area contributed by atoms with E-state index in [2.05, 4.69) is 4.74 Å². The molecule has 1 aromatic carbocycles. The van der Waals surface area contributed by atoms with Crippen molar-refractivity contribution in [1.82, 2.24) is 4.72 Å². The Morgan fingerprint density at radius 3 is 2.41 bits per heavy atom. The molecule has 2 N–H and O–H groups in total. The second-order valence-corrected chi connectivity index (χ2v) is 4.55. The van der Waals surface area contributed by atoms with Crippen molar-refractivity contribution in [2.45, 2.75) is 4.90 Å². The summed E-state index contributed by atoms with van der Waals surface area (Å²) in [5.41, 5.74) is -0.233. The molecule has 0 aliphatic carbocycles. The van der Waals surface area contributed by atoms with Crippen molar-refractivity contribution in [2.75, 3.05) is 7.11 Å². The van der Waals surface area contributed by atoms with Crippen LogP contribution in [0.2, 0.25) is 0 Å². The summed E-state index contributed by atoms with van der Waals surface area (Å²) in [5, 5.41) is 8.39. The molecule has 8 heteroatoms. The third-order valence-electron chi connectivity index (χ3n) is 1.80. The topological polar surface area (TPSA) is 110 Å². The van der Waals surface area contributed by atoms with Crippen molar-refractivity contribution in [1.29, 1.82) is 0 Å². The van der Waals surface area contributed by atoms with E-state index in [1.54, 1.807) is 0 Å². The molecule has 17 heavy (non-hydrogen) atoms. The van der Waals surface area contributed by atoms with Crippen molar-refractivity contribution >= 4 is 22.1 Å². The average molecular weight is 259 g/mol. The van der Waals surface area contributed by atoms with Gasteiger partial charge in [-0.1, -0.05) is 12.1 Å². The summed E-state index contributed by atoms with van der Waals surface area (Å²) < 4.78 is 28.9. The number of ether oxygens (including phenoxy) is 1. The predicted molar refractivity (Wildman–Crippen MR) is 56.1 cm³/mol. The lowest BCUT2D eigenvalue weighted by Gasteiger charge is -2.07. The van der Waals surface area contributed by atoms with Gasteiger partial charge in [0.15, 0.2) is 0 Å². The molecule has 0 saturated carbocycles. The number of benzene rings is 1. The highest BCUT2D eigenvalue weighted by Crippen LogP contribution is 2.15. The van der Waals surface area contributed by atoms with Gasteiger partial charge in [0.25, 0.3) is 10.0 Å².